The SMILES string of the molecule is C[C@H]1CN2C(=N[C@H](c3ccccn3)[C@@H]2c2ccccc2Sc2ccccc2)S1. The van der Waals surface area contributed by atoms with E-state index in [1.165, 1.54) is 15.4 Å². The zero-order valence-electron chi connectivity index (χ0n) is 15.6. The van der Waals surface area contributed by atoms with E-state index in [1.807, 2.05) is 35.8 Å². The Morgan fingerprint density at radius 1 is 0.964 bits per heavy atom. The Labute approximate surface area is 174 Å². The summed E-state index contributed by atoms with van der Waals surface area (Å²) in [5.74, 6) is 0. The van der Waals surface area contributed by atoms with Crippen molar-refractivity contribution in [2.45, 2.75) is 34.0 Å². The van der Waals surface area contributed by atoms with Crippen LogP contribution in [0.25, 0.3) is 0 Å². The van der Waals surface area contributed by atoms with Crippen molar-refractivity contribution < 1.29 is 0 Å². The van der Waals surface area contributed by atoms with Gasteiger partial charge in [-0.05, 0) is 35.9 Å². The lowest BCUT2D eigenvalue weighted by Crippen LogP contribution is -2.28. The van der Waals surface area contributed by atoms with Crippen LogP contribution in [0.5, 0.6) is 0 Å². The Balaban J connectivity index is 1.57. The number of fused-ring (bicyclic) bond motifs is 1. The molecular formula is C23H21N3S2. The molecule has 1 aromatic heterocycles. The molecule has 0 saturated carbocycles. The number of thioether (sulfide) groups is 1. The zero-order chi connectivity index (χ0) is 18.9. The number of amidine groups is 1. The van der Waals surface area contributed by atoms with Crippen molar-refractivity contribution in [3.05, 3.63) is 90.3 Å². The molecule has 0 spiro atoms. The molecule has 0 unspecified atom stereocenters. The number of benzene rings is 2. The fraction of sp³-hybridized carbons (Fsp3) is 0.217. The molecule has 3 nitrogen and oxygen atoms in total. The third-order valence-corrected chi connectivity index (χ3v) is 7.29. The van der Waals surface area contributed by atoms with E-state index < -0.39 is 0 Å². The minimum atomic E-state index is 0.0359. The molecule has 5 heteroatoms. The summed E-state index contributed by atoms with van der Waals surface area (Å²) in [4.78, 5) is 14.8. The van der Waals surface area contributed by atoms with E-state index in [9.17, 15) is 0 Å². The molecule has 2 aliphatic rings. The smallest absolute Gasteiger partial charge is 0.160 e. The Morgan fingerprint density at radius 2 is 1.75 bits per heavy atom. The van der Waals surface area contributed by atoms with Crippen molar-refractivity contribution in [1.82, 2.24) is 9.88 Å². The number of rotatable bonds is 4. The van der Waals surface area contributed by atoms with Gasteiger partial charge in [-0.1, -0.05) is 72.9 Å². The summed E-state index contributed by atoms with van der Waals surface area (Å²) in [7, 11) is 0. The molecule has 0 bridgehead atoms. The quantitative estimate of drug-likeness (QED) is 0.549. The molecule has 2 aliphatic heterocycles. The monoisotopic (exact) mass is 403 g/mol. The van der Waals surface area contributed by atoms with Gasteiger partial charge in [0.05, 0.1) is 11.7 Å². The van der Waals surface area contributed by atoms with Crippen LogP contribution in [-0.4, -0.2) is 26.8 Å². The van der Waals surface area contributed by atoms with E-state index in [4.69, 9.17) is 4.99 Å². The van der Waals surface area contributed by atoms with Crippen LogP contribution in [0, 0.1) is 0 Å². The molecule has 5 rings (SSSR count). The number of aromatic nitrogens is 1. The zero-order valence-corrected chi connectivity index (χ0v) is 17.2. The van der Waals surface area contributed by atoms with Crippen molar-refractivity contribution in [3.8, 4) is 0 Å². The molecule has 0 radical (unpaired) electrons. The minimum absolute atomic E-state index is 0.0359. The van der Waals surface area contributed by atoms with Gasteiger partial charge in [-0.15, -0.1) is 0 Å². The van der Waals surface area contributed by atoms with E-state index >= 15 is 0 Å². The van der Waals surface area contributed by atoms with Crippen LogP contribution < -0.4 is 0 Å². The molecule has 0 amide bonds. The van der Waals surface area contributed by atoms with E-state index in [0.29, 0.717) is 5.25 Å². The summed E-state index contributed by atoms with van der Waals surface area (Å²) in [5, 5.41) is 1.73. The van der Waals surface area contributed by atoms with Gasteiger partial charge < -0.3 is 4.90 Å². The third kappa shape index (κ3) is 3.33. The van der Waals surface area contributed by atoms with Crippen molar-refractivity contribution >= 4 is 28.7 Å². The topological polar surface area (TPSA) is 28.5 Å². The number of pyridine rings is 1. The van der Waals surface area contributed by atoms with Crippen LogP contribution in [0.15, 0.2) is 93.8 Å². The number of aliphatic imine (C=N–C) groups is 1. The van der Waals surface area contributed by atoms with Crippen LogP contribution in [0.4, 0.5) is 0 Å². The van der Waals surface area contributed by atoms with Gasteiger partial charge in [0.2, 0.25) is 0 Å². The minimum Gasteiger partial charge on any atom is -0.341 e. The van der Waals surface area contributed by atoms with Gasteiger partial charge in [0.25, 0.3) is 0 Å². The van der Waals surface area contributed by atoms with E-state index in [2.05, 4.69) is 83.5 Å². The van der Waals surface area contributed by atoms with Gasteiger partial charge in [0.15, 0.2) is 5.17 Å². The van der Waals surface area contributed by atoms with Gasteiger partial charge in [-0.3, -0.25) is 9.98 Å². The standard InChI is InChI=1S/C23H21N3S2/c1-16-15-26-22(21(25-23(26)27-16)19-12-7-8-14-24-19)18-11-5-6-13-20(18)28-17-9-3-2-4-10-17/h2-14,16,21-22H,15H2,1H3/t16-,21+,22-/m0/s1. The maximum atomic E-state index is 5.11. The third-order valence-electron chi connectivity index (χ3n) is 5.09. The molecule has 3 atom stereocenters. The van der Waals surface area contributed by atoms with Crippen molar-refractivity contribution in [1.29, 1.82) is 0 Å². The second-order valence-corrected chi connectivity index (χ2v) is 9.61. The molecule has 1 saturated heterocycles. The van der Waals surface area contributed by atoms with Gasteiger partial charge in [-0.2, -0.15) is 0 Å². The fourth-order valence-corrected chi connectivity index (χ4v) is 5.98. The van der Waals surface area contributed by atoms with Crippen LogP contribution in [-0.2, 0) is 0 Å². The summed E-state index contributed by atoms with van der Waals surface area (Å²) in [6.45, 7) is 3.31. The molecule has 140 valence electrons. The predicted octanol–water partition coefficient (Wildman–Crippen LogP) is 5.82. The summed E-state index contributed by atoms with van der Waals surface area (Å²) in [5.41, 5.74) is 2.38. The largest absolute Gasteiger partial charge is 0.341 e. The first kappa shape index (κ1) is 17.8. The van der Waals surface area contributed by atoms with E-state index in [0.717, 1.165) is 17.4 Å². The molecule has 28 heavy (non-hydrogen) atoms. The van der Waals surface area contributed by atoms with Gasteiger partial charge >= 0.3 is 0 Å². The van der Waals surface area contributed by atoms with Crippen molar-refractivity contribution in [2.24, 2.45) is 4.99 Å². The number of nitrogens with zero attached hydrogens (tertiary/aromatic N) is 3. The summed E-state index contributed by atoms with van der Waals surface area (Å²) >= 11 is 3.71. The molecule has 3 aromatic rings. The first-order valence-electron chi connectivity index (χ1n) is 9.53. The highest BCUT2D eigenvalue weighted by molar-refractivity contribution is 8.14. The summed E-state index contributed by atoms with van der Waals surface area (Å²) in [6.07, 6.45) is 1.87. The fourth-order valence-electron chi connectivity index (χ4n) is 3.89. The average Bonchev–Trinajstić information content (AvgIpc) is 3.26. The van der Waals surface area contributed by atoms with Crippen molar-refractivity contribution in [2.75, 3.05) is 6.54 Å². The Kier molecular flexibility index (Phi) is 4.87. The summed E-state index contributed by atoms with van der Waals surface area (Å²) < 4.78 is 0. The number of hydrogen-bond donors (Lipinski definition) is 0. The van der Waals surface area contributed by atoms with E-state index in [1.54, 1.807) is 0 Å². The molecule has 2 aromatic carbocycles. The first-order valence-corrected chi connectivity index (χ1v) is 11.2. The van der Waals surface area contributed by atoms with Crippen LogP contribution in [0.1, 0.15) is 30.3 Å². The Hall–Kier alpha value is -2.24. The Bertz CT molecular complexity index is 991. The molecule has 0 aliphatic carbocycles. The highest BCUT2D eigenvalue weighted by atomic mass is 32.2. The van der Waals surface area contributed by atoms with Gasteiger partial charge in [0, 0.05) is 27.8 Å². The van der Waals surface area contributed by atoms with Crippen LogP contribution >= 0.6 is 23.5 Å². The lowest BCUT2D eigenvalue weighted by atomic mass is 9.96. The van der Waals surface area contributed by atoms with Crippen LogP contribution in [0.3, 0.4) is 0 Å². The maximum Gasteiger partial charge on any atom is 0.160 e. The van der Waals surface area contributed by atoms with Crippen molar-refractivity contribution in [3.63, 3.8) is 0 Å². The maximum absolute atomic E-state index is 5.11. The summed E-state index contributed by atoms with van der Waals surface area (Å²) in [6, 6.07) is 25.7. The molecule has 0 N–H and O–H groups in total. The lowest BCUT2D eigenvalue weighted by Gasteiger charge is -2.29. The van der Waals surface area contributed by atoms with Crippen LogP contribution in [0.2, 0.25) is 0 Å². The van der Waals surface area contributed by atoms with Gasteiger partial charge in [0.1, 0.15) is 6.04 Å². The highest BCUT2D eigenvalue weighted by Gasteiger charge is 2.44. The second kappa shape index (κ2) is 7.64. The average molecular weight is 404 g/mol. The second-order valence-electron chi connectivity index (χ2n) is 7.09. The predicted molar refractivity (Wildman–Crippen MR) is 118 cm³/mol. The van der Waals surface area contributed by atoms with E-state index in [-0.39, 0.29) is 12.1 Å². The molecular weight excluding hydrogens is 382 g/mol. The lowest BCUT2D eigenvalue weighted by molar-refractivity contribution is 0.317. The normalized spacial score (nSPS) is 23.5. The highest BCUT2D eigenvalue weighted by Crippen LogP contribution is 2.49. The molecule has 3 heterocycles. The molecule has 1 fully saturated rings. The number of hydrogen-bond acceptors (Lipinski definition) is 5. The Morgan fingerprint density at radius 3 is 2.57 bits per heavy atom. The first-order chi connectivity index (χ1) is 13.8. The van der Waals surface area contributed by atoms with Gasteiger partial charge in [-0.25, -0.2) is 0 Å².